The zero-order valence-electron chi connectivity index (χ0n) is 10.2. The standard InChI is InChI=1S/C13H14F3N3/c14-13(15,16)9-19(8-7-17)12-6-5-10-3-1-2-4-11(10)18-12/h1-6H,7-9,17H2. The molecule has 0 atom stereocenters. The molecule has 1 aromatic heterocycles. The van der Waals surface area contributed by atoms with Crippen LogP contribution in [0.2, 0.25) is 0 Å². The van der Waals surface area contributed by atoms with Gasteiger partial charge in [-0.1, -0.05) is 18.2 Å². The summed E-state index contributed by atoms with van der Waals surface area (Å²) in [4.78, 5) is 5.39. The number of aromatic nitrogens is 1. The number of hydrogen-bond donors (Lipinski definition) is 1. The van der Waals surface area contributed by atoms with Gasteiger partial charge in [0.2, 0.25) is 0 Å². The number of halogens is 3. The fourth-order valence-electron chi connectivity index (χ4n) is 1.88. The highest BCUT2D eigenvalue weighted by Gasteiger charge is 2.31. The molecule has 2 aromatic rings. The lowest BCUT2D eigenvalue weighted by Crippen LogP contribution is -2.38. The third kappa shape index (κ3) is 3.57. The van der Waals surface area contributed by atoms with E-state index >= 15 is 0 Å². The van der Waals surface area contributed by atoms with E-state index in [2.05, 4.69) is 4.98 Å². The molecule has 0 amide bonds. The molecule has 3 nitrogen and oxygen atoms in total. The Hall–Kier alpha value is -1.82. The van der Waals surface area contributed by atoms with E-state index < -0.39 is 12.7 Å². The second-order valence-corrected chi connectivity index (χ2v) is 4.19. The summed E-state index contributed by atoms with van der Waals surface area (Å²) in [5.41, 5.74) is 6.03. The van der Waals surface area contributed by atoms with Gasteiger partial charge >= 0.3 is 6.18 Å². The number of nitrogens with two attached hydrogens (primary N) is 1. The molecule has 1 aromatic carbocycles. The molecule has 1 heterocycles. The van der Waals surface area contributed by atoms with E-state index in [1.165, 1.54) is 0 Å². The predicted octanol–water partition coefficient (Wildman–Crippen LogP) is 2.56. The number of benzene rings is 1. The van der Waals surface area contributed by atoms with Gasteiger partial charge in [0.05, 0.1) is 5.52 Å². The fraction of sp³-hybridized carbons (Fsp3) is 0.308. The predicted molar refractivity (Wildman–Crippen MR) is 69.1 cm³/mol. The minimum absolute atomic E-state index is 0.116. The van der Waals surface area contributed by atoms with Crippen LogP contribution in [0.3, 0.4) is 0 Å². The minimum atomic E-state index is -4.28. The van der Waals surface area contributed by atoms with Crippen molar-refractivity contribution >= 4 is 16.7 Å². The number of alkyl halides is 3. The van der Waals surface area contributed by atoms with E-state index in [9.17, 15) is 13.2 Å². The van der Waals surface area contributed by atoms with Crippen LogP contribution in [0.1, 0.15) is 0 Å². The van der Waals surface area contributed by atoms with Gasteiger partial charge in [-0.05, 0) is 18.2 Å². The van der Waals surface area contributed by atoms with E-state index in [1.807, 2.05) is 12.1 Å². The van der Waals surface area contributed by atoms with Crippen molar-refractivity contribution in [3.8, 4) is 0 Å². The Labute approximate surface area is 108 Å². The number of para-hydroxylation sites is 1. The summed E-state index contributed by atoms with van der Waals surface area (Å²) in [6, 6.07) is 10.6. The Morgan fingerprint density at radius 1 is 1.11 bits per heavy atom. The summed E-state index contributed by atoms with van der Waals surface area (Å²) in [6.07, 6.45) is -4.28. The van der Waals surface area contributed by atoms with Gasteiger partial charge in [-0.25, -0.2) is 4.98 Å². The van der Waals surface area contributed by atoms with Gasteiger partial charge in [0.15, 0.2) is 0 Å². The van der Waals surface area contributed by atoms with Gasteiger partial charge in [0, 0.05) is 18.5 Å². The highest BCUT2D eigenvalue weighted by molar-refractivity contribution is 5.80. The number of anilines is 1. The highest BCUT2D eigenvalue weighted by Crippen LogP contribution is 2.22. The van der Waals surface area contributed by atoms with Crippen LogP contribution < -0.4 is 10.6 Å². The Bertz CT molecular complexity index is 554. The molecule has 0 saturated heterocycles. The molecule has 0 aliphatic carbocycles. The molecule has 2 rings (SSSR count). The summed E-state index contributed by atoms with van der Waals surface area (Å²) < 4.78 is 37.6. The van der Waals surface area contributed by atoms with Crippen molar-refractivity contribution in [2.24, 2.45) is 5.73 Å². The Balaban J connectivity index is 2.33. The van der Waals surface area contributed by atoms with Crippen molar-refractivity contribution in [1.82, 2.24) is 4.98 Å². The van der Waals surface area contributed by atoms with Gasteiger partial charge in [0.1, 0.15) is 12.4 Å². The summed E-state index contributed by atoms with van der Waals surface area (Å²) in [6.45, 7) is -0.787. The summed E-state index contributed by atoms with van der Waals surface area (Å²) in [5, 5.41) is 0.894. The van der Waals surface area contributed by atoms with Crippen molar-refractivity contribution < 1.29 is 13.2 Å². The average molecular weight is 269 g/mol. The number of hydrogen-bond acceptors (Lipinski definition) is 3. The molecule has 0 spiro atoms. The highest BCUT2D eigenvalue weighted by atomic mass is 19.4. The zero-order chi connectivity index (χ0) is 13.9. The molecule has 0 unspecified atom stereocenters. The third-order valence-corrected chi connectivity index (χ3v) is 2.68. The van der Waals surface area contributed by atoms with Crippen LogP contribution in [0.4, 0.5) is 19.0 Å². The number of fused-ring (bicyclic) bond motifs is 1. The van der Waals surface area contributed by atoms with Crippen LogP contribution in [0.5, 0.6) is 0 Å². The SMILES string of the molecule is NCCN(CC(F)(F)F)c1ccc2ccccc2n1. The summed E-state index contributed by atoms with van der Waals surface area (Å²) in [5.74, 6) is 0.293. The Morgan fingerprint density at radius 3 is 2.53 bits per heavy atom. The molecule has 0 aliphatic heterocycles. The van der Waals surface area contributed by atoms with Crippen molar-refractivity contribution in [2.45, 2.75) is 6.18 Å². The van der Waals surface area contributed by atoms with Gasteiger partial charge < -0.3 is 10.6 Å². The minimum Gasteiger partial charge on any atom is -0.346 e. The Kier molecular flexibility index (Phi) is 3.90. The van der Waals surface area contributed by atoms with Crippen molar-refractivity contribution in [3.63, 3.8) is 0 Å². The lowest BCUT2D eigenvalue weighted by molar-refractivity contribution is -0.119. The first-order valence-electron chi connectivity index (χ1n) is 5.87. The monoisotopic (exact) mass is 269 g/mol. The number of pyridine rings is 1. The van der Waals surface area contributed by atoms with Crippen molar-refractivity contribution in [2.75, 3.05) is 24.5 Å². The van der Waals surface area contributed by atoms with Crippen molar-refractivity contribution in [1.29, 1.82) is 0 Å². The molecule has 0 fully saturated rings. The maximum absolute atomic E-state index is 12.5. The lowest BCUT2D eigenvalue weighted by atomic mass is 10.2. The maximum atomic E-state index is 12.5. The van der Waals surface area contributed by atoms with E-state index in [4.69, 9.17) is 5.73 Å². The molecule has 0 aliphatic rings. The van der Waals surface area contributed by atoms with Crippen LogP contribution in [0, 0.1) is 0 Å². The van der Waals surface area contributed by atoms with Gasteiger partial charge in [0.25, 0.3) is 0 Å². The lowest BCUT2D eigenvalue weighted by Gasteiger charge is -2.24. The second kappa shape index (κ2) is 5.44. The van der Waals surface area contributed by atoms with Gasteiger partial charge in [-0.3, -0.25) is 0 Å². The quantitative estimate of drug-likeness (QED) is 0.927. The topological polar surface area (TPSA) is 42.1 Å². The molecule has 19 heavy (non-hydrogen) atoms. The van der Waals surface area contributed by atoms with E-state index in [1.54, 1.807) is 24.3 Å². The third-order valence-electron chi connectivity index (χ3n) is 2.68. The molecule has 0 bridgehead atoms. The van der Waals surface area contributed by atoms with Crippen LogP contribution in [-0.2, 0) is 0 Å². The summed E-state index contributed by atoms with van der Waals surface area (Å²) in [7, 11) is 0. The Morgan fingerprint density at radius 2 is 1.84 bits per heavy atom. The summed E-state index contributed by atoms with van der Waals surface area (Å²) >= 11 is 0. The molecule has 0 radical (unpaired) electrons. The maximum Gasteiger partial charge on any atom is 0.405 e. The van der Waals surface area contributed by atoms with E-state index in [0.29, 0.717) is 11.3 Å². The fourth-order valence-corrected chi connectivity index (χ4v) is 1.88. The smallest absolute Gasteiger partial charge is 0.346 e. The zero-order valence-corrected chi connectivity index (χ0v) is 10.2. The molecule has 6 heteroatoms. The first kappa shape index (κ1) is 13.6. The first-order chi connectivity index (χ1) is 8.99. The second-order valence-electron chi connectivity index (χ2n) is 4.19. The first-order valence-corrected chi connectivity index (χ1v) is 5.87. The molecule has 0 saturated carbocycles. The largest absolute Gasteiger partial charge is 0.405 e. The van der Waals surface area contributed by atoms with Crippen LogP contribution >= 0.6 is 0 Å². The number of rotatable bonds is 4. The van der Waals surface area contributed by atoms with Crippen LogP contribution in [0.15, 0.2) is 36.4 Å². The normalized spacial score (nSPS) is 11.8. The van der Waals surface area contributed by atoms with Crippen LogP contribution in [0.25, 0.3) is 10.9 Å². The van der Waals surface area contributed by atoms with Crippen LogP contribution in [-0.4, -0.2) is 30.8 Å². The van der Waals surface area contributed by atoms with E-state index in [0.717, 1.165) is 10.3 Å². The van der Waals surface area contributed by atoms with Gasteiger partial charge in [-0.15, -0.1) is 0 Å². The van der Waals surface area contributed by atoms with E-state index in [-0.39, 0.29) is 13.1 Å². The molecular weight excluding hydrogens is 255 g/mol. The number of nitrogens with zero attached hydrogens (tertiary/aromatic N) is 2. The average Bonchev–Trinajstić information content (AvgIpc) is 2.36. The van der Waals surface area contributed by atoms with Gasteiger partial charge in [-0.2, -0.15) is 13.2 Å². The molecular formula is C13H14F3N3. The molecule has 2 N–H and O–H groups in total. The van der Waals surface area contributed by atoms with Crippen molar-refractivity contribution in [3.05, 3.63) is 36.4 Å². The molecule has 102 valence electrons.